The number of nitrogens with zero attached hydrogens (tertiary/aromatic N) is 3. The van der Waals surface area contributed by atoms with E-state index in [1.807, 2.05) is 0 Å². The van der Waals surface area contributed by atoms with E-state index in [1.165, 1.54) is 12.1 Å². The van der Waals surface area contributed by atoms with Crippen LogP contribution in [0.2, 0.25) is 10.0 Å². The van der Waals surface area contributed by atoms with Crippen LogP contribution < -0.4 is 10.2 Å². The molecule has 1 aliphatic heterocycles. The van der Waals surface area contributed by atoms with Crippen LogP contribution in [0.1, 0.15) is 28.9 Å². The van der Waals surface area contributed by atoms with E-state index in [1.54, 1.807) is 4.90 Å². The lowest BCUT2D eigenvalue weighted by molar-refractivity contribution is -0.141. The molecule has 0 saturated carbocycles. The Morgan fingerprint density at radius 3 is 2.57 bits per heavy atom. The van der Waals surface area contributed by atoms with Gasteiger partial charge in [0.1, 0.15) is 11.4 Å². The zero-order valence-electron chi connectivity index (χ0n) is 14.3. The second-order valence-corrected chi connectivity index (χ2v) is 7.10. The molecule has 1 amide bonds. The number of rotatable bonds is 3. The summed E-state index contributed by atoms with van der Waals surface area (Å²) in [5.41, 5.74) is -1.04. The van der Waals surface area contributed by atoms with Gasteiger partial charge in [0.05, 0.1) is 10.6 Å². The Morgan fingerprint density at radius 1 is 1.25 bits per heavy atom. The van der Waals surface area contributed by atoms with Gasteiger partial charge < -0.3 is 15.3 Å². The number of anilines is 1. The summed E-state index contributed by atoms with van der Waals surface area (Å²) < 4.78 is 38.4. The number of halogens is 5. The normalized spacial score (nSPS) is 15.5. The largest absolute Gasteiger partial charge is 0.506 e. The fourth-order valence-electron chi connectivity index (χ4n) is 2.88. The molecular weight excluding hydrogens is 420 g/mol. The van der Waals surface area contributed by atoms with Crippen LogP contribution in [0.5, 0.6) is 5.75 Å². The van der Waals surface area contributed by atoms with E-state index in [2.05, 4.69) is 15.3 Å². The second kappa shape index (κ2) is 8.00. The van der Waals surface area contributed by atoms with Crippen molar-refractivity contribution in [2.45, 2.75) is 25.1 Å². The predicted octanol–water partition coefficient (Wildman–Crippen LogP) is 3.91. The van der Waals surface area contributed by atoms with Crippen molar-refractivity contribution in [3.63, 3.8) is 0 Å². The van der Waals surface area contributed by atoms with Gasteiger partial charge in [-0.15, -0.1) is 0 Å². The minimum atomic E-state index is -4.54. The van der Waals surface area contributed by atoms with Crippen molar-refractivity contribution in [2.75, 3.05) is 18.0 Å². The number of hydrogen-bond donors (Lipinski definition) is 2. The number of hydrogen-bond acceptors (Lipinski definition) is 5. The zero-order chi connectivity index (χ0) is 20.5. The van der Waals surface area contributed by atoms with E-state index in [4.69, 9.17) is 23.2 Å². The van der Waals surface area contributed by atoms with Gasteiger partial charge in [-0.05, 0) is 31.0 Å². The molecule has 0 bridgehead atoms. The highest BCUT2D eigenvalue weighted by molar-refractivity contribution is 6.36. The maximum Gasteiger partial charge on any atom is 0.433 e. The summed E-state index contributed by atoms with van der Waals surface area (Å²) in [6, 6.07) is 3.22. The number of aromatic hydroxyl groups is 1. The van der Waals surface area contributed by atoms with Gasteiger partial charge >= 0.3 is 6.18 Å². The predicted molar refractivity (Wildman–Crippen MR) is 97.9 cm³/mol. The van der Waals surface area contributed by atoms with Crippen molar-refractivity contribution in [2.24, 2.45) is 0 Å². The SMILES string of the molecule is O=C(NC1CCN(c2nccc(C(F)(F)F)n2)CC1)c1cc(Cl)cc(Cl)c1O. The fraction of sp³-hybridized carbons (Fsp3) is 0.353. The molecule has 150 valence electrons. The molecule has 2 aromatic rings. The molecule has 3 rings (SSSR count). The van der Waals surface area contributed by atoms with Crippen LogP contribution in [0, 0.1) is 0 Å². The molecular formula is C17H15Cl2F3N4O2. The first-order chi connectivity index (χ1) is 13.1. The monoisotopic (exact) mass is 434 g/mol. The summed E-state index contributed by atoms with van der Waals surface area (Å²) in [7, 11) is 0. The van der Waals surface area contributed by atoms with E-state index in [9.17, 15) is 23.1 Å². The molecule has 0 radical (unpaired) electrons. The Kier molecular flexibility index (Phi) is 5.85. The number of amides is 1. The topological polar surface area (TPSA) is 78.4 Å². The van der Waals surface area contributed by atoms with E-state index < -0.39 is 17.8 Å². The lowest BCUT2D eigenvalue weighted by Gasteiger charge is -2.32. The molecule has 0 unspecified atom stereocenters. The Morgan fingerprint density at radius 2 is 1.93 bits per heavy atom. The fourth-order valence-corrected chi connectivity index (χ4v) is 3.38. The van der Waals surface area contributed by atoms with Gasteiger partial charge in [0, 0.05) is 30.4 Å². The van der Waals surface area contributed by atoms with Gasteiger partial charge in [0.2, 0.25) is 5.95 Å². The van der Waals surface area contributed by atoms with Crippen molar-refractivity contribution in [1.82, 2.24) is 15.3 Å². The molecule has 28 heavy (non-hydrogen) atoms. The van der Waals surface area contributed by atoms with Gasteiger partial charge in [-0.3, -0.25) is 4.79 Å². The summed E-state index contributed by atoms with van der Waals surface area (Å²) in [6.07, 6.45) is -2.52. The van der Waals surface area contributed by atoms with Crippen LogP contribution in [-0.4, -0.2) is 40.1 Å². The number of phenols is 1. The standard InChI is InChI=1S/C17H15Cl2F3N4O2/c18-9-7-11(14(27)12(19)8-9)15(28)24-10-2-5-26(6-3-10)16-23-4-1-13(25-16)17(20,21)22/h1,4,7-8,10,27H,2-3,5-6H2,(H,24,28). The zero-order valence-corrected chi connectivity index (χ0v) is 15.8. The third-order valence-electron chi connectivity index (χ3n) is 4.32. The van der Waals surface area contributed by atoms with Crippen LogP contribution in [-0.2, 0) is 6.18 Å². The molecule has 0 aliphatic carbocycles. The molecule has 1 aromatic carbocycles. The van der Waals surface area contributed by atoms with Crippen molar-refractivity contribution >= 4 is 35.1 Å². The van der Waals surface area contributed by atoms with Gasteiger partial charge in [-0.1, -0.05) is 23.2 Å². The maximum absolute atomic E-state index is 12.8. The molecule has 1 fully saturated rings. The molecule has 1 saturated heterocycles. The number of aromatic nitrogens is 2. The van der Waals surface area contributed by atoms with Gasteiger partial charge in [-0.2, -0.15) is 13.2 Å². The molecule has 6 nitrogen and oxygen atoms in total. The summed E-state index contributed by atoms with van der Waals surface area (Å²) in [4.78, 5) is 21.5. The first kappa shape index (κ1) is 20.5. The lowest BCUT2D eigenvalue weighted by Crippen LogP contribution is -2.45. The van der Waals surface area contributed by atoms with Crippen LogP contribution in [0.15, 0.2) is 24.4 Å². The minimum absolute atomic E-state index is 0.00105. The quantitative estimate of drug-likeness (QED) is 0.765. The first-order valence-corrected chi connectivity index (χ1v) is 9.05. The molecule has 1 aliphatic rings. The van der Waals surface area contributed by atoms with Crippen molar-refractivity contribution in [1.29, 1.82) is 0 Å². The van der Waals surface area contributed by atoms with Gasteiger partial charge in [-0.25, -0.2) is 9.97 Å². The third kappa shape index (κ3) is 4.59. The van der Waals surface area contributed by atoms with Crippen LogP contribution in [0.25, 0.3) is 0 Å². The third-order valence-corrected chi connectivity index (χ3v) is 4.83. The maximum atomic E-state index is 12.8. The lowest BCUT2D eigenvalue weighted by atomic mass is 10.0. The second-order valence-electron chi connectivity index (χ2n) is 6.26. The molecule has 11 heteroatoms. The molecule has 1 aromatic heterocycles. The highest BCUT2D eigenvalue weighted by Gasteiger charge is 2.33. The highest BCUT2D eigenvalue weighted by atomic mass is 35.5. The number of phenolic OH excluding ortho intramolecular Hbond substituents is 1. The van der Waals surface area contributed by atoms with E-state index in [0.717, 1.165) is 12.3 Å². The number of carbonyl (C=O) groups is 1. The van der Waals surface area contributed by atoms with E-state index in [-0.39, 0.29) is 33.3 Å². The average Bonchev–Trinajstić information content (AvgIpc) is 2.64. The van der Waals surface area contributed by atoms with E-state index >= 15 is 0 Å². The summed E-state index contributed by atoms with van der Waals surface area (Å²) in [5, 5.41) is 12.9. The average molecular weight is 435 g/mol. The van der Waals surface area contributed by atoms with Crippen molar-refractivity contribution in [3.8, 4) is 5.75 Å². The van der Waals surface area contributed by atoms with Crippen LogP contribution >= 0.6 is 23.2 Å². The number of benzene rings is 1. The number of carbonyl (C=O) groups excluding carboxylic acids is 1. The van der Waals surface area contributed by atoms with Crippen LogP contribution in [0.4, 0.5) is 19.1 Å². The molecule has 2 heterocycles. The van der Waals surface area contributed by atoms with Crippen molar-refractivity contribution < 1.29 is 23.1 Å². The molecule has 0 spiro atoms. The number of piperidine rings is 1. The Bertz CT molecular complexity index is 887. The van der Waals surface area contributed by atoms with Gasteiger partial charge in [0.25, 0.3) is 5.91 Å². The number of alkyl halides is 3. The van der Waals surface area contributed by atoms with E-state index in [0.29, 0.717) is 25.9 Å². The van der Waals surface area contributed by atoms with Gasteiger partial charge in [0.15, 0.2) is 0 Å². The highest BCUT2D eigenvalue weighted by Crippen LogP contribution is 2.31. The first-order valence-electron chi connectivity index (χ1n) is 8.29. The van der Waals surface area contributed by atoms with Crippen molar-refractivity contribution in [3.05, 3.63) is 45.7 Å². The summed E-state index contributed by atoms with van der Waals surface area (Å²) >= 11 is 11.7. The Hall–Kier alpha value is -2.26. The molecule has 0 atom stereocenters. The smallest absolute Gasteiger partial charge is 0.433 e. The Labute approximate surface area is 168 Å². The summed E-state index contributed by atoms with van der Waals surface area (Å²) in [6.45, 7) is 0.739. The number of nitrogens with one attached hydrogen (secondary N) is 1. The summed E-state index contributed by atoms with van der Waals surface area (Å²) in [5.74, 6) is -0.895. The minimum Gasteiger partial charge on any atom is -0.506 e. The Balaban J connectivity index is 1.63. The molecule has 2 N–H and O–H groups in total. The van der Waals surface area contributed by atoms with Crippen LogP contribution in [0.3, 0.4) is 0 Å².